The summed E-state index contributed by atoms with van der Waals surface area (Å²) in [6.07, 6.45) is 2.04. The molecule has 2 atom stereocenters. The van der Waals surface area contributed by atoms with Gasteiger partial charge in [0.15, 0.2) is 0 Å². The Morgan fingerprint density at radius 3 is 2.68 bits per heavy atom. The second kappa shape index (κ2) is 8.67. The van der Waals surface area contributed by atoms with Crippen molar-refractivity contribution in [2.24, 2.45) is 0 Å². The molecule has 0 spiro atoms. The van der Waals surface area contributed by atoms with Crippen LogP contribution in [-0.2, 0) is 11.2 Å². The highest BCUT2D eigenvalue weighted by Gasteiger charge is 2.18. The number of hydrogen-bond donors (Lipinski definition) is 1. The molecule has 0 radical (unpaired) electrons. The molecule has 19 heavy (non-hydrogen) atoms. The zero-order chi connectivity index (χ0) is 14.3. The third kappa shape index (κ3) is 5.59. The highest BCUT2D eigenvalue weighted by molar-refractivity contribution is 9.10. The molecule has 1 aromatic carbocycles. The van der Waals surface area contributed by atoms with Gasteiger partial charge in [0, 0.05) is 17.1 Å². The van der Waals surface area contributed by atoms with Gasteiger partial charge in [-0.15, -0.1) is 0 Å². The number of nitrogens with one attached hydrogen (secondary N) is 1. The summed E-state index contributed by atoms with van der Waals surface area (Å²) in [6, 6.07) is 5.08. The summed E-state index contributed by atoms with van der Waals surface area (Å²) >= 11 is 3.42. The lowest BCUT2D eigenvalue weighted by atomic mass is 10.0. The molecule has 108 valence electrons. The summed E-state index contributed by atoms with van der Waals surface area (Å²) in [6.45, 7) is 7.88. The molecule has 0 saturated carbocycles. The molecule has 1 N–H and O–H groups in total. The molecule has 0 bridgehead atoms. The van der Waals surface area contributed by atoms with Crippen LogP contribution in [0.5, 0.6) is 0 Å². The van der Waals surface area contributed by atoms with Gasteiger partial charge < -0.3 is 10.1 Å². The quantitative estimate of drug-likeness (QED) is 0.779. The molecule has 2 nitrogen and oxygen atoms in total. The van der Waals surface area contributed by atoms with Gasteiger partial charge in [-0.2, -0.15) is 0 Å². The summed E-state index contributed by atoms with van der Waals surface area (Å²) in [5.74, 6) is -0.216. The molecule has 0 aliphatic heterocycles. The fourth-order valence-corrected chi connectivity index (χ4v) is 2.55. The van der Waals surface area contributed by atoms with Crippen LogP contribution in [0.1, 0.15) is 32.8 Å². The fourth-order valence-electron chi connectivity index (χ4n) is 2.04. The van der Waals surface area contributed by atoms with Crippen LogP contribution < -0.4 is 5.32 Å². The average molecular weight is 332 g/mol. The van der Waals surface area contributed by atoms with E-state index in [2.05, 4.69) is 35.1 Å². The van der Waals surface area contributed by atoms with Crippen molar-refractivity contribution in [3.63, 3.8) is 0 Å². The third-order valence-corrected chi connectivity index (χ3v) is 3.85. The van der Waals surface area contributed by atoms with E-state index < -0.39 is 0 Å². The maximum Gasteiger partial charge on any atom is 0.124 e. The Morgan fingerprint density at radius 2 is 2.11 bits per heavy atom. The molecule has 0 heterocycles. The molecule has 1 rings (SSSR count). The van der Waals surface area contributed by atoms with Crippen LogP contribution >= 0.6 is 15.9 Å². The fraction of sp³-hybridized carbons (Fsp3) is 0.600. The highest BCUT2D eigenvalue weighted by Crippen LogP contribution is 2.20. The Labute approximate surface area is 123 Å². The van der Waals surface area contributed by atoms with Crippen molar-refractivity contribution in [1.82, 2.24) is 5.32 Å². The van der Waals surface area contributed by atoms with Crippen molar-refractivity contribution in [1.29, 1.82) is 0 Å². The molecule has 2 unspecified atom stereocenters. The summed E-state index contributed by atoms with van der Waals surface area (Å²) in [4.78, 5) is 0. The number of rotatable bonds is 8. The lowest BCUT2D eigenvalue weighted by molar-refractivity contribution is 0.0476. The van der Waals surface area contributed by atoms with Crippen LogP contribution in [0.15, 0.2) is 22.7 Å². The first kappa shape index (κ1) is 16.6. The maximum atomic E-state index is 13.1. The van der Waals surface area contributed by atoms with Gasteiger partial charge in [0.25, 0.3) is 0 Å². The predicted molar refractivity (Wildman–Crippen MR) is 81.0 cm³/mol. The van der Waals surface area contributed by atoms with Crippen LogP contribution in [0.3, 0.4) is 0 Å². The Hall–Kier alpha value is -0.450. The van der Waals surface area contributed by atoms with Crippen LogP contribution in [0.4, 0.5) is 4.39 Å². The summed E-state index contributed by atoms with van der Waals surface area (Å²) in [7, 11) is 0. The number of benzene rings is 1. The van der Waals surface area contributed by atoms with Gasteiger partial charge in [0.2, 0.25) is 0 Å². The van der Waals surface area contributed by atoms with Crippen LogP contribution in [0.25, 0.3) is 0 Å². The molecule has 0 aromatic heterocycles. The SMILES string of the molecule is CCCNC(Cc1ccc(F)cc1Br)C(C)OCC. The number of hydrogen-bond acceptors (Lipinski definition) is 2. The molecule has 0 fully saturated rings. The van der Waals surface area contributed by atoms with Gasteiger partial charge >= 0.3 is 0 Å². The average Bonchev–Trinajstić information content (AvgIpc) is 2.37. The summed E-state index contributed by atoms with van der Waals surface area (Å²) < 4.78 is 19.6. The minimum atomic E-state index is -0.216. The van der Waals surface area contributed by atoms with E-state index in [-0.39, 0.29) is 18.0 Å². The molecule has 0 aliphatic rings. The zero-order valence-electron chi connectivity index (χ0n) is 11.9. The van der Waals surface area contributed by atoms with Gasteiger partial charge in [-0.3, -0.25) is 0 Å². The largest absolute Gasteiger partial charge is 0.377 e. The zero-order valence-corrected chi connectivity index (χ0v) is 13.5. The number of ether oxygens (including phenoxy) is 1. The van der Waals surface area contributed by atoms with Crippen molar-refractivity contribution in [3.05, 3.63) is 34.1 Å². The van der Waals surface area contributed by atoms with E-state index in [4.69, 9.17) is 4.74 Å². The maximum absolute atomic E-state index is 13.1. The van der Waals surface area contributed by atoms with Crippen molar-refractivity contribution in [3.8, 4) is 0 Å². The summed E-state index contributed by atoms with van der Waals surface area (Å²) in [5, 5.41) is 3.50. The minimum Gasteiger partial charge on any atom is -0.377 e. The van der Waals surface area contributed by atoms with Crippen molar-refractivity contribution in [2.75, 3.05) is 13.2 Å². The van der Waals surface area contributed by atoms with E-state index in [0.29, 0.717) is 6.61 Å². The lowest BCUT2D eigenvalue weighted by Crippen LogP contribution is -2.42. The van der Waals surface area contributed by atoms with E-state index in [1.165, 1.54) is 12.1 Å². The molecule has 1 aromatic rings. The second-order valence-corrected chi connectivity index (χ2v) is 5.52. The first-order valence-corrected chi connectivity index (χ1v) is 7.66. The highest BCUT2D eigenvalue weighted by atomic mass is 79.9. The number of halogens is 2. The van der Waals surface area contributed by atoms with Gasteiger partial charge in [-0.1, -0.05) is 28.9 Å². The van der Waals surface area contributed by atoms with E-state index in [0.717, 1.165) is 29.4 Å². The van der Waals surface area contributed by atoms with Crippen LogP contribution in [0.2, 0.25) is 0 Å². The van der Waals surface area contributed by atoms with Gasteiger partial charge in [0.05, 0.1) is 6.10 Å². The molecule has 0 amide bonds. The molecule has 0 aliphatic carbocycles. The molecular formula is C15H23BrFNO. The predicted octanol–water partition coefficient (Wildman–Crippen LogP) is 3.92. The van der Waals surface area contributed by atoms with Gasteiger partial charge in [0.1, 0.15) is 5.82 Å². The smallest absolute Gasteiger partial charge is 0.124 e. The second-order valence-electron chi connectivity index (χ2n) is 4.66. The van der Waals surface area contributed by atoms with Crippen LogP contribution in [0, 0.1) is 5.82 Å². The van der Waals surface area contributed by atoms with E-state index in [1.807, 2.05) is 13.0 Å². The lowest BCUT2D eigenvalue weighted by Gasteiger charge is -2.25. The Bertz CT molecular complexity index is 386. The van der Waals surface area contributed by atoms with Crippen molar-refractivity contribution >= 4 is 15.9 Å². The first-order valence-electron chi connectivity index (χ1n) is 6.87. The van der Waals surface area contributed by atoms with Gasteiger partial charge in [-0.25, -0.2) is 4.39 Å². The summed E-state index contributed by atoms with van der Waals surface area (Å²) in [5.41, 5.74) is 1.10. The minimum absolute atomic E-state index is 0.133. The van der Waals surface area contributed by atoms with Crippen molar-refractivity contribution in [2.45, 2.75) is 45.8 Å². The molecular weight excluding hydrogens is 309 g/mol. The van der Waals surface area contributed by atoms with E-state index in [1.54, 1.807) is 0 Å². The standard InChI is InChI=1S/C15H23BrFNO/c1-4-8-18-15(11(3)19-5-2)9-12-6-7-13(17)10-14(12)16/h6-7,10-11,15,18H,4-5,8-9H2,1-3H3. The molecule has 4 heteroatoms. The topological polar surface area (TPSA) is 21.3 Å². The monoisotopic (exact) mass is 331 g/mol. The molecule has 0 saturated heterocycles. The first-order chi connectivity index (χ1) is 9.08. The van der Waals surface area contributed by atoms with Crippen molar-refractivity contribution < 1.29 is 9.13 Å². The van der Waals surface area contributed by atoms with Crippen LogP contribution in [-0.4, -0.2) is 25.3 Å². The third-order valence-electron chi connectivity index (χ3n) is 3.11. The Balaban J connectivity index is 2.74. The van der Waals surface area contributed by atoms with E-state index >= 15 is 0 Å². The van der Waals surface area contributed by atoms with E-state index in [9.17, 15) is 4.39 Å². The van der Waals surface area contributed by atoms with Gasteiger partial charge in [-0.05, 0) is 50.9 Å². The normalized spacial score (nSPS) is 14.4. The Kier molecular flexibility index (Phi) is 7.57. The Morgan fingerprint density at radius 1 is 1.37 bits per heavy atom.